The second-order valence-electron chi connectivity index (χ2n) is 9.91. The van der Waals surface area contributed by atoms with Crippen LogP contribution in [0.1, 0.15) is 102 Å². The molecule has 0 heterocycles. The van der Waals surface area contributed by atoms with E-state index in [-0.39, 0.29) is 12.2 Å². The summed E-state index contributed by atoms with van der Waals surface area (Å²) >= 11 is 0. The molecule has 1 aromatic rings. The smallest absolute Gasteiger partial charge is 0.465 e. The molecule has 0 aromatic heterocycles. The first-order valence-electron chi connectivity index (χ1n) is 14.2. The van der Waals surface area contributed by atoms with E-state index in [0.717, 1.165) is 24.8 Å². The van der Waals surface area contributed by atoms with Gasteiger partial charge >= 0.3 is 13.8 Å². The van der Waals surface area contributed by atoms with Crippen molar-refractivity contribution in [2.75, 3.05) is 19.8 Å². The van der Waals surface area contributed by atoms with Crippen LogP contribution < -0.4 is 10.3 Å². The zero-order chi connectivity index (χ0) is 28.1. The zero-order valence-corrected chi connectivity index (χ0v) is 24.0. The summed E-state index contributed by atoms with van der Waals surface area (Å²) in [4.78, 5) is 21.9. The van der Waals surface area contributed by atoms with Crippen LogP contribution in [-0.2, 0) is 25.0 Å². The third kappa shape index (κ3) is 17.9. The molecule has 0 saturated heterocycles. The Hall–Kier alpha value is -1.48. The highest BCUT2D eigenvalue weighted by atomic mass is 31.2. The topological polar surface area (TPSA) is 149 Å². The van der Waals surface area contributed by atoms with E-state index < -0.39 is 39.2 Å². The molecular formula is C28H50NO8P. The summed E-state index contributed by atoms with van der Waals surface area (Å²) in [6, 6.07) is 5.35. The van der Waals surface area contributed by atoms with Crippen LogP contribution in [0.3, 0.4) is 0 Å². The van der Waals surface area contributed by atoms with E-state index >= 15 is 0 Å². The number of carbonyl (C=O) groups excluding carboxylic acids is 1. The number of benzene rings is 1. The summed E-state index contributed by atoms with van der Waals surface area (Å²) in [5, 5.41) is 17.9. The van der Waals surface area contributed by atoms with Gasteiger partial charge in [-0.15, -0.1) is 0 Å². The van der Waals surface area contributed by atoms with E-state index in [4.69, 9.17) is 20.1 Å². The molecule has 9 nitrogen and oxygen atoms in total. The number of esters is 1. The van der Waals surface area contributed by atoms with Crippen molar-refractivity contribution in [1.29, 1.82) is 0 Å². The normalized spacial score (nSPS) is 14.6. The molecule has 38 heavy (non-hydrogen) atoms. The van der Waals surface area contributed by atoms with Gasteiger partial charge in [0.15, 0.2) is 0 Å². The van der Waals surface area contributed by atoms with Crippen LogP contribution in [0.15, 0.2) is 24.3 Å². The van der Waals surface area contributed by atoms with E-state index in [1.807, 2.05) is 0 Å². The highest BCUT2D eigenvalue weighted by Crippen LogP contribution is 2.43. The van der Waals surface area contributed by atoms with E-state index in [9.17, 15) is 19.4 Å². The molecule has 0 fully saturated rings. The van der Waals surface area contributed by atoms with Crippen LogP contribution in [0, 0.1) is 0 Å². The number of phosphoric ester groups is 1. The van der Waals surface area contributed by atoms with Crippen molar-refractivity contribution in [3.8, 4) is 5.75 Å². The van der Waals surface area contributed by atoms with Crippen molar-refractivity contribution in [2.24, 2.45) is 5.73 Å². The minimum absolute atomic E-state index is 0.0759. The maximum absolute atomic E-state index is 12.2. The van der Waals surface area contributed by atoms with Gasteiger partial charge in [0.2, 0.25) is 0 Å². The average molecular weight is 560 g/mol. The Kier molecular flexibility index (Phi) is 19.4. The summed E-state index contributed by atoms with van der Waals surface area (Å²) in [7, 11) is -4.45. The van der Waals surface area contributed by atoms with Gasteiger partial charge in [-0.3, -0.25) is 14.2 Å². The van der Waals surface area contributed by atoms with Crippen molar-refractivity contribution < 1.29 is 38.3 Å². The highest BCUT2D eigenvalue weighted by molar-refractivity contribution is 7.47. The highest BCUT2D eigenvalue weighted by Gasteiger charge is 2.24. The maximum atomic E-state index is 12.2. The van der Waals surface area contributed by atoms with Crippen LogP contribution in [0.4, 0.5) is 0 Å². The number of hydrogen-bond acceptors (Lipinski definition) is 8. The number of ether oxygens (including phenoxy) is 1. The monoisotopic (exact) mass is 559 g/mol. The van der Waals surface area contributed by atoms with E-state index in [1.165, 1.54) is 82.8 Å². The summed E-state index contributed by atoms with van der Waals surface area (Å²) in [6.07, 6.45) is 16.7. The average Bonchev–Trinajstić information content (AvgIpc) is 2.90. The van der Waals surface area contributed by atoms with E-state index in [0.29, 0.717) is 6.61 Å². The molecule has 10 heteroatoms. The van der Waals surface area contributed by atoms with Crippen molar-refractivity contribution >= 4 is 13.8 Å². The van der Waals surface area contributed by atoms with Gasteiger partial charge in [-0.05, 0) is 30.5 Å². The van der Waals surface area contributed by atoms with Gasteiger partial charge in [0.25, 0.3) is 0 Å². The van der Waals surface area contributed by atoms with Gasteiger partial charge in [-0.25, -0.2) is 4.57 Å². The van der Waals surface area contributed by atoms with Gasteiger partial charge in [0, 0.05) is 0 Å². The number of carbonyl (C=O) groups is 1. The second-order valence-corrected chi connectivity index (χ2v) is 11.3. The van der Waals surface area contributed by atoms with Gasteiger partial charge < -0.3 is 25.2 Å². The third-order valence-electron chi connectivity index (χ3n) is 6.29. The van der Waals surface area contributed by atoms with Crippen molar-refractivity contribution in [3.63, 3.8) is 0 Å². The van der Waals surface area contributed by atoms with Crippen LogP contribution in [-0.4, -0.2) is 53.0 Å². The minimum atomic E-state index is -4.45. The van der Waals surface area contributed by atoms with E-state index in [1.54, 1.807) is 12.1 Å². The number of unbranched alkanes of at least 4 members (excludes halogenated alkanes) is 13. The lowest BCUT2D eigenvalue weighted by Gasteiger charge is -2.15. The van der Waals surface area contributed by atoms with Crippen LogP contribution in [0.5, 0.6) is 5.75 Å². The Morgan fingerprint density at radius 1 is 0.895 bits per heavy atom. The molecule has 0 aliphatic carbocycles. The molecule has 1 unspecified atom stereocenters. The SMILES string of the molecule is CCCCCCCCCCCCCCCCOC(=O)[C@@H](N)Cc1ccc(OP(=O)(O)OC[C@H](O)CO)cc1. The molecule has 0 aliphatic rings. The number of aliphatic hydroxyl groups excluding tert-OH is 2. The molecule has 5 N–H and O–H groups in total. The Morgan fingerprint density at radius 3 is 1.89 bits per heavy atom. The number of rotatable bonds is 24. The van der Waals surface area contributed by atoms with Crippen LogP contribution in [0.2, 0.25) is 0 Å². The Bertz CT molecular complexity index is 777. The molecule has 0 bridgehead atoms. The Labute approximate surface area is 228 Å². The summed E-state index contributed by atoms with van der Waals surface area (Å²) in [6.45, 7) is 1.48. The second kappa shape index (κ2) is 21.4. The molecule has 0 amide bonds. The fourth-order valence-electron chi connectivity index (χ4n) is 3.99. The van der Waals surface area contributed by atoms with Crippen LogP contribution in [0.25, 0.3) is 0 Å². The fraction of sp³-hybridized carbons (Fsp3) is 0.750. The predicted octanol–water partition coefficient (Wildman–Crippen LogP) is 5.43. The van der Waals surface area contributed by atoms with Gasteiger partial charge in [-0.1, -0.05) is 103 Å². The molecule has 1 aromatic carbocycles. The fourth-order valence-corrected chi connectivity index (χ4v) is 4.79. The molecule has 1 rings (SSSR count). The largest absolute Gasteiger partial charge is 0.527 e. The van der Waals surface area contributed by atoms with Crippen molar-refractivity contribution in [1.82, 2.24) is 0 Å². The molecule has 0 radical (unpaired) electrons. The molecule has 0 aliphatic heterocycles. The summed E-state index contributed by atoms with van der Waals surface area (Å²) in [5.74, 6) is -0.372. The molecular weight excluding hydrogens is 509 g/mol. The molecule has 3 atom stereocenters. The number of nitrogens with two attached hydrogens (primary N) is 1. The predicted molar refractivity (Wildman–Crippen MR) is 149 cm³/mol. The number of phosphoric acid groups is 1. The van der Waals surface area contributed by atoms with Gasteiger partial charge in [0.05, 0.1) is 19.8 Å². The van der Waals surface area contributed by atoms with Crippen LogP contribution >= 0.6 is 7.82 Å². The van der Waals surface area contributed by atoms with E-state index in [2.05, 4.69) is 11.4 Å². The molecule has 0 spiro atoms. The van der Waals surface area contributed by atoms with Gasteiger partial charge in [-0.2, -0.15) is 0 Å². The Morgan fingerprint density at radius 2 is 1.39 bits per heavy atom. The zero-order valence-electron chi connectivity index (χ0n) is 23.1. The first-order chi connectivity index (χ1) is 18.3. The summed E-state index contributed by atoms with van der Waals surface area (Å²) in [5.41, 5.74) is 6.71. The lowest BCUT2D eigenvalue weighted by Crippen LogP contribution is -2.34. The quantitative estimate of drug-likeness (QED) is 0.0739. The first kappa shape index (κ1) is 34.5. The summed E-state index contributed by atoms with van der Waals surface area (Å²) < 4.78 is 26.7. The standard InChI is InChI=1S/C28H50NO8P/c1-2-3-4-5-6-7-8-9-10-11-12-13-14-15-20-35-28(32)27(29)21-24-16-18-26(19-17-24)37-38(33,34)36-23-25(31)22-30/h16-19,25,27,30-31H,2-15,20-23,29H2,1H3,(H,33,34)/t25-,27+/m1/s1. The van der Waals surface area contributed by atoms with Crippen molar-refractivity contribution in [2.45, 2.75) is 115 Å². The van der Waals surface area contributed by atoms with Gasteiger partial charge in [0.1, 0.15) is 17.9 Å². The molecule has 220 valence electrons. The van der Waals surface area contributed by atoms with Crippen molar-refractivity contribution in [3.05, 3.63) is 29.8 Å². The maximum Gasteiger partial charge on any atom is 0.527 e. The first-order valence-corrected chi connectivity index (χ1v) is 15.7. The molecule has 0 saturated carbocycles. The lowest BCUT2D eigenvalue weighted by atomic mass is 10.0. The lowest BCUT2D eigenvalue weighted by molar-refractivity contribution is -0.145. The number of aliphatic hydroxyl groups is 2. The third-order valence-corrected chi connectivity index (χ3v) is 7.20. The Balaban J connectivity index is 2.10. The minimum Gasteiger partial charge on any atom is -0.465 e. The number of hydrogen-bond donors (Lipinski definition) is 4.